The summed E-state index contributed by atoms with van der Waals surface area (Å²) in [6.45, 7) is 2.66. The third kappa shape index (κ3) is 3.55. The number of aromatic nitrogens is 2. The van der Waals surface area contributed by atoms with Crippen LogP contribution in [0.4, 0.5) is 5.69 Å². The van der Waals surface area contributed by atoms with Crippen LogP contribution in [0.5, 0.6) is 5.75 Å². The maximum atomic E-state index is 12.8. The highest BCUT2D eigenvalue weighted by atomic mass is 16.5. The number of amides is 1. The molecule has 1 unspecified atom stereocenters. The molecule has 150 valence electrons. The van der Waals surface area contributed by atoms with E-state index < -0.39 is 0 Å². The van der Waals surface area contributed by atoms with Crippen molar-refractivity contribution in [2.45, 2.75) is 25.8 Å². The summed E-state index contributed by atoms with van der Waals surface area (Å²) in [5.74, 6) is 0.942. The van der Waals surface area contributed by atoms with Crippen LogP contribution in [0.25, 0.3) is 11.0 Å². The Labute approximate surface area is 168 Å². The molecule has 7 heteroatoms. The maximum absolute atomic E-state index is 12.8. The number of ether oxygens (including phenoxy) is 2. The number of carbonyl (C=O) groups is 2. The fourth-order valence-corrected chi connectivity index (χ4v) is 3.87. The molecule has 1 aromatic heterocycles. The molecular formula is C22H23N3O4. The van der Waals surface area contributed by atoms with Gasteiger partial charge in [0.2, 0.25) is 5.91 Å². The molecule has 2 heterocycles. The first-order valence-corrected chi connectivity index (χ1v) is 9.66. The van der Waals surface area contributed by atoms with Crippen LogP contribution in [0.2, 0.25) is 0 Å². The average molecular weight is 393 g/mol. The van der Waals surface area contributed by atoms with Crippen molar-refractivity contribution >= 4 is 28.6 Å². The number of hydrogen-bond donors (Lipinski definition) is 0. The van der Waals surface area contributed by atoms with Crippen LogP contribution in [0, 0.1) is 0 Å². The topological polar surface area (TPSA) is 73.7 Å². The van der Waals surface area contributed by atoms with E-state index in [0.29, 0.717) is 25.3 Å². The van der Waals surface area contributed by atoms with Crippen molar-refractivity contribution in [2.75, 3.05) is 25.2 Å². The van der Waals surface area contributed by atoms with Crippen molar-refractivity contribution in [3.63, 3.8) is 0 Å². The van der Waals surface area contributed by atoms with Gasteiger partial charge in [-0.15, -0.1) is 0 Å². The molecule has 7 nitrogen and oxygen atoms in total. The molecule has 0 bridgehead atoms. The molecule has 1 saturated heterocycles. The summed E-state index contributed by atoms with van der Waals surface area (Å²) in [7, 11) is 1.59. The number of esters is 1. The van der Waals surface area contributed by atoms with Gasteiger partial charge in [0.05, 0.1) is 30.4 Å². The Morgan fingerprint density at radius 3 is 2.72 bits per heavy atom. The Morgan fingerprint density at radius 2 is 1.93 bits per heavy atom. The van der Waals surface area contributed by atoms with Gasteiger partial charge in [-0.2, -0.15) is 0 Å². The molecule has 0 spiro atoms. The number of rotatable bonds is 6. The van der Waals surface area contributed by atoms with Gasteiger partial charge < -0.3 is 18.9 Å². The van der Waals surface area contributed by atoms with E-state index in [2.05, 4.69) is 0 Å². The van der Waals surface area contributed by atoms with Crippen LogP contribution >= 0.6 is 0 Å². The largest absolute Gasteiger partial charge is 0.495 e. The molecule has 4 rings (SSSR count). The standard InChI is InChI=1S/C22H23N3O4/c1-3-29-21(27)14-25-17-9-5-4-8-16(17)23-22(25)15-12-20(26)24(13-15)18-10-6-7-11-19(18)28-2/h4-11,15H,3,12-14H2,1-2H3. The third-order valence-corrected chi connectivity index (χ3v) is 5.14. The molecule has 0 aliphatic carbocycles. The highest BCUT2D eigenvalue weighted by molar-refractivity contribution is 5.98. The zero-order chi connectivity index (χ0) is 20.4. The molecule has 0 saturated carbocycles. The normalized spacial score (nSPS) is 16.4. The zero-order valence-corrected chi connectivity index (χ0v) is 16.5. The summed E-state index contributed by atoms with van der Waals surface area (Å²) in [6.07, 6.45) is 0.324. The summed E-state index contributed by atoms with van der Waals surface area (Å²) < 4.78 is 12.4. The first kappa shape index (κ1) is 19.0. The van der Waals surface area contributed by atoms with Crippen molar-refractivity contribution in [1.29, 1.82) is 0 Å². The molecule has 29 heavy (non-hydrogen) atoms. The van der Waals surface area contributed by atoms with Crippen molar-refractivity contribution < 1.29 is 19.1 Å². The molecule has 1 amide bonds. The Balaban J connectivity index is 1.70. The van der Waals surface area contributed by atoms with Crippen LogP contribution in [0.3, 0.4) is 0 Å². The van der Waals surface area contributed by atoms with E-state index in [-0.39, 0.29) is 24.3 Å². The molecule has 0 N–H and O–H groups in total. The summed E-state index contributed by atoms with van der Waals surface area (Å²) in [5, 5.41) is 0. The summed E-state index contributed by atoms with van der Waals surface area (Å²) >= 11 is 0. The van der Waals surface area contributed by atoms with Gasteiger partial charge >= 0.3 is 5.97 Å². The molecule has 1 fully saturated rings. The number of methoxy groups -OCH3 is 1. The quantitative estimate of drug-likeness (QED) is 0.602. The average Bonchev–Trinajstić information content (AvgIpc) is 3.29. The molecule has 0 radical (unpaired) electrons. The fraction of sp³-hybridized carbons (Fsp3) is 0.318. The van der Waals surface area contributed by atoms with Crippen LogP contribution < -0.4 is 9.64 Å². The first-order chi connectivity index (χ1) is 14.1. The predicted octanol–water partition coefficient (Wildman–Crippen LogP) is 3.13. The lowest BCUT2D eigenvalue weighted by molar-refractivity contribution is -0.143. The number of nitrogens with zero attached hydrogens (tertiary/aromatic N) is 3. The Kier molecular flexibility index (Phi) is 5.20. The minimum absolute atomic E-state index is 0.00856. The first-order valence-electron chi connectivity index (χ1n) is 9.66. The minimum Gasteiger partial charge on any atom is -0.495 e. The van der Waals surface area contributed by atoms with Gasteiger partial charge in [0, 0.05) is 18.9 Å². The molecule has 2 aromatic carbocycles. The third-order valence-electron chi connectivity index (χ3n) is 5.14. The van der Waals surface area contributed by atoms with Gasteiger partial charge in [0.15, 0.2) is 0 Å². The van der Waals surface area contributed by atoms with Gasteiger partial charge in [-0.25, -0.2) is 4.98 Å². The predicted molar refractivity (Wildman–Crippen MR) is 109 cm³/mol. The van der Waals surface area contributed by atoms with Crippen LogP contribution in [0.15, 0.2) is 48.5 Å². The van der Waals surface area contributed by atoms with E-state index in [1.165, 1.54) is 0 Å². The van der Waals surface area contributed by atoms with Crippen LogP contribution in [-0.2, 0) is 20.9 Å². The monoisotopic (exact) mass is 393 g/mol. The lowest BCUT2D eigenvalue weighted by atomic mass is 10.1. The number of carbonyl (C=O) groups excluding carboxylic acids is 2. The van der Waals surface area contributed by atoms with Crippen molar-refractivity contribution in [3.8, 4) is 5.75 Å². The van der Waals surface area contributed by atoms with Gasteiger partial charge in [-0.1, -0.05) is 24.3 Å². The van der Waals surface area contributed by atoms with Crippen LogP contribution in [-0.4, -0.2) is 41.7 Å². The van der Waals surface area contributed by atoms with Gasteiger partial charge in [0.25, 0.3) is 0 Å². The Bertz CT molecular complexity index is 1060. The second kappa shape index (κ2) is 7.95. The number of anilines is 1. The van der Waals surface area contributed by atoms with E-state index in [0.717, 1.165) is 22.5 Å². The SMILES string of the molecule is CCOC(=O)Cn1c(C2CC(=O)N(c3ccccc3OC)C2)nc2ccccc21. The molecule has 1 atom stereocenters. The number of hydrogen-bond acceptors (Lipinski definition) is 5. The molecular weight excluding hydrogens is 370 g/mol. The van der Waals surface area contributed by atoms with Crippen molar-refractivity contribution in [3.05, 3.63) is 54.4 Å². The van der Waals surface area contributed by atoms with Gasteiger partial charge in [-0.05, 0) is 31.2 Å². The second-order valence-electron chi connectivity index (χ2n) is 6.93. The fourth-order valence-electron chi connectivity index (χ4n) is 3.87. The number of para-hydroxylation sites is 4. The van der Waals surface area contributed by atoms with E-state index >= 15 is 0 Å². The molecule has 1 aliphatic heterocycles. The number of imidazole rings is 1. The van der Waals surface area contributed by atoms with Gasteiger partial charge in [-0.3, -0.25) is 9.59 Å². The van der Waals surface area contributed by atoms with E-state index in [4.69, 9.17) is 14.5 Å². The summed E-state index contributed by atoms with van der Waals surface area (Å²) in [4.78, 5) is 31.5. The second-order valence-corrected chi connectivity index (χ2v) is 6.93. The lowest BCUT2D eigenvalue weighted by Crippen LogP contribution is -2.25. The number of benzene rings is 2. The van der Waals surface area contributed by atoms with Gasteiger partial charge in [0.1, 0.15) is 18.1 Å². The van der Waals surface area contributed by atoms with Crippen molar-refractivity contribution in [2.24, 2.45) is 0 Å². The van der Waals surface area contributed by atoms with E-state index in [9.17, 15) is 9.59 Å². The Hall–Kier alpha value is -3.35. The number of fused-ring (bicyclic) bond motifs is 1. The molecule has 1 aliphatic rings. The highest BCUT2D eigenvalue weighted by Gasteiger charge is 2.36. The lowest BCUT2D eigenvalue weighted by Gasteiger charge is -2.19. The van der Waals surface area contributed by atoms with E-state index in [1.807, 2.05) is 53.1 Å². The summed E-state index contributed by atoms with van der Waals surface area (Å²) in [5.41, 5.74) is 2.41. The Morgan fingerprint density at radius 1 is 1.17 bits per heavy atom. The maximum Gasteiger partial charge on any atom is 0.326 e. The van der Waals surface area contributed by atoms with Crippen LogP contribution in [0.1, 0.15) is 25.1 Å². The molecule has 3 aromatic rings. The smallest absolute Gasteiger partial charge is 0.326 e. The highest BCUT2D eigenvalue weighted by Crippen LogP contribution is 2.37. The van der Waals surface area contributed by atoms with Crippen molar-refractivity contribution in [1.82, 2.24) is 9.55 Å². The zero-order valence-electron chi connectivity index (χ0n) is 16.5. The summed E-state index contributed by atoms with van der Waals surface area (Å²) in [6, 6.07) is 15.1. The van der Waals surface area contributed by atoms with E-state index in [1.54, 1.807) is 18.9 Å². The minimum atomic E-state index is -0.317.